The number of hydrogen-bond acceptors (Lipinski definition) is 3. The molecule has 22 heavy (non-hydrogen) atoms. The quantitative estimate of drug-likeness (QED) is 0.806. The van der Waals surface area contributed by atoms with Crippen molar-refractivity contribution in [3.05, 3.63) is 52.2 Å². The summed E-state index contributed by atoms with van der Waals surface area (Å²) in [4.78, 5) is 24.0. The monoisotopic (exact) mass is 312 g/mol. The Morgan fingerprint density at radius 3 is 2.77 bits per heavy atom. The summed E-state index contributed by atoms with van der Waals surface area (Å²) in [5.74, 6) is 1.93. The molecule has 2 aromatic rings. The molecule has 1 heterocycles. The molecule has 1 aromatic carbocycles. The largest absolute Gasteiger partial charge is 0.341 e. The Bertz CT molecular complexity index is 687. The van der Waals surface area contributed by atoms with Gasteiger partial charge in [0.05, 0.1) is 17.8 Å². The molecule has 0 fully saturated rings. The van der Waals surface area contributed by atoms with Crippen molar-refractivity contribution in [1.82, 2.24) is 5.32 Å². The van der Waals surface area contributed by atoms with Crippen molar-refractivity contribution in [3.63, 3.8) is 0 Å². The minimum atomic E-state index is -0.299. The molecule has 5 heteroatoms. The Balaban J connectivity index is 1.98. The van der Waals surface area contributed by atoms with Crippen LogP contribution in [0, 0.1) is 12.3 Å². The van der Waals surface area contributed by atoms with E-state index in [1.165, 1.54) is 0 Å². The first kappa shape index (κ1) is 15.8. The van der Waals surface area contributed by atoms with Gasteiger partial charge in [0.2, 0.25) is 5.91 Å². The standard InChI is InChI=1S/C17H16N2O2S/c1-2-10-18-17(21)14-5-3-4-6-15(14)19-16(20)8-7-13-9-11-22-12-13/h1,3-6,9,11-12H,7-8,10H2,(H,18,21)(H,19,20). The molecular formula is C17H16N2O2S. The second kappa shape index (κ2) is 8.01. The van der Waals surface area contributed by atoms with Crippen LogP contribution in [-0.2, 0) is 11.2 Å². The minimum Gasteiger partial charge on any atom is -0.341 e. The van der Waals surface area contributed by atoms with E-state index in [0.29, 0.717) is 24.1 Å². The van der Waals surface area contributed by atoms with Gasteiger partial charge in [-0.2, -0.15) is 11.3 Å². The molecule has 4 nitrogen and oxygen atoms in total. The summed E-state index contributed by atoms with van der Waals surface area (Å²) in [6, 6.07) is 8.87. The Hall–Kier alpha value is -2.58. The van der Waals surface area contributed by atoms with E-state index in [1.807, 2.05) is 16.8 Å². The van der Waals surface area contributed by atoms with Gasteiger partial charge in [-0.25, -0.2) is 0 Å². The van der Waals surface area contributed by atoms with Crippen molar-refractivity contribution in [2.45, 2.75) is 12.8 Å². The molecule has 0 unspecified atom stereocenters. The van der Waals surface area contributed by atoms with Crippen LogP contribution in [0.3, 0.4) is 0 Å². The van der Waals surface area contributed by atoms with Crippen LogP contribution in [-0.4, -0.2) is 18.4 Å². The van der Waals surface area contributed by atoms with Crippen LogP contribution in [0.25, 0.3) is 0 Å². The number of nitrogens with one attached hydrogen (secondary N) is 2. The summed E-state index contributed by atoms with van der Waals surface area (Å²) in [5.41, 5.74) is 2.04. The van der Waals surface area contributed by atoms with Crippen molar-refractivity contribution in [2.75, 3.05) is 11.9 Å². The summed E-state index contributed by atoms with van der Waals surface area (Å²) in [7, 11) is 0. The molecule has 2 N–H and O–H groups in total. The van der Waals surface area contributed by atoms with Gasteiger partial charge in [0.15, 0.2) is 0 Å². The third-order valence-electron chi connectivity index (χ3n) is 3.02. The number of anilines is 1. The maximum absolute atomic E-state index is 12.0. The van der Waals surface area contributed by atoms with Crippen LogP contribution < -0.4 is 10.6 Å². The number of thiophene rings is 1. The van der Waals surface area contributed by atoms with Crippen LogP contribution in [0.4, 0.5) is 5.69 Å². The van der Waals surface area contributed by atoms with Gasteiger partial charge in [-0.05, 0) is 40.9 Å². The number of aryl methyl sites for hydroxylation is 1. The second-order valence-corrected chi connectivity index (χ2v) is 5.39. The molecule has 0 saturated carbocycles. The maximum atomic E-state index is 12.0. The number of rotatable bonds is 6. The van der Waals surface area contributed by atoms with E-state index in [4.69, 9.17) is 6.42 Å². The van der Waals surface area contributed by atoms with Crippen molar-refractivity contribution in [3.8, 4) is 12.3 Å². The van der Waals surface area contributed by atoms with Gasteiger partial charge in [-0.1, -0.05) is 18.1 Å². The summed E-state index contributed by atoms with van der Waals surface area (Å²) in [6.07, 6.45) is 6.18. The van der Waals surface area contributed by atoms with Crippen molar-refractivity contribution < 1.29 is 9.59 Å². The average Bonchev–Trinajstić information content (AvgIpc) is 3.04. The first-order valence-corrected chi connectivity index (χ1v) is 7.76. The molecule has 1 aromatic heterocycles. The Morgan fingerprint density at radius 2 is 2.05 bits per heavy atom. The third kappa shape index (κ3) is 4.47. The SMILES string of the molecule is C#CCNC(=O)c1ccccc1NC(=O)CCc1ccsc1. The average molecular weight is 312 g/mol. The third-order valence-corrected chi connectivity index (χ3v) is 3.75. The summed E-state index contributed by atoms with van der Waals surface area (Å²) in [6.45, 7) is 0.152. The Labute approximate surface area is 133 Å². The molecule has 112 valence electrons. The number of terminal acetylenes is 1. The molecular weight excluding hydrogens is 296 g/mol. The number of hydrogen-bond donors (Lipinski definition) is 2. The molecule has 0 aliphatic carbocycles. The number of para-hydroxylation sites is 1. The van der Waals surface area contributed by atoms with Gasteiger partial charge in [0.25, 0.3) is 5.91 Å². The first-order valence-electron chi connectivity index (χ1n) is 6.82. The van der Waals surface area contributed by atoms with Gasteiger partial charge in [-0.15, -0.1) is 6.42 Å². The van der Waals surface area contributed by atoms with Gasteiger partial charge in [0, 0.05) is 6.42 Å². The van der Waals surface area contributed by atoms with Crippen LogP contribution in [0.2, 0.25) is 0 Å². The fourth-order valence-corrected chi connectivity index (χ4v) is 2.63. The van der Waals surface area contributed by atoms with E-state index in [9.17, 15) is 9.59 Å². The number of carbonyl (C=O) groups excluding carboxylic acids is 2. The van der Waals surface area contributed by atoms with E-state index in [0.717, 1.165) is 5.56 Å². The summed E-state index contributed by atoms with van der Waals surface area (Å²) < 4.78 is 0. The van der Waals surface area contributed by atoms with Crippen LogP contribution in [0.15, 0.2) is 41.1 Å². The smallest absolute Gasteiger partial charge is 0.254 e. The zero-order valence-electron chi connectivity index (χ0n) is 12.0. The predicted molar refractivity (Wildman–Crippen MR) is 88.9 cm³/mol. The van der Waals surface area contributed by atoms with Crippen molar-refractivity contribution in [2.24, 2.45) is 0 Å². The highest BCUT2D eigenvalue weighted by Crippen LogP contribution is 2.16. The normalized spacial score (nSPS) is 9.77. The van der Waals surface area contributed by atoms with E-state index in [2.05, 4.69) is 16.6 Å². The highest BCUT2D eigenvalue weighted by atomic mass is 32.1. The van der Waals surface area contributed by atoms with Gasteiger partial charge < -0.3 is 10.6 Å². The fourth-order valence-electron chi connectivity index (χ4n) is 1.92. The molecule has 0 aliphatic rings. The molecule has 0 radical (unpaired) electrons. The number of amides is 2. The van der Waals surface area contributed by atoms with Gasteiger partial charge in [-0.3, -0.25) is 9.59 Å². The summed E-state index contributed by atoms with van der Waals surface area (Å²) in [5, 5.41) is 9.38. The topological polar surface area (TPSA) is 58.2 Å². The lowest BCUT2D eigenvalue weighted by Gasteiger charge is -2.10. The molecule has 0 atom stereocenters. The first-order chi connectivity index (χ1) is 10.7. The van der Waals surface area contributed by atoms with Crippen molar-refractivity contribution >= 4 is 28.8 Å². The van der Waals surface area contributed by atoms with Crippen molar-refractivity contribution in [1.29, 1.82) is 0 Å². The second-order valence-electron chi connectivity index (χ2n) is 4.61. The number of benzene rings is 1. The van der Waals surface area contributed by atoms with Gasteiger partial charge >= 0.3 is 0 Å². The Kier molecular flexibility index (Phi) is 5.75. The fraction of sp³-hybridized carbons (Fsp3) is 0.176. The van der Waals surface area contributed by atoms with Gasteiger partial charge in [0.1, 0.15) is 0 Å². The zero-order chi connectivity index (χ0) is 15.8. The lowest BCUT2D eigenvalue weighted by atomic mass is 10.1. The molecule has 2 rings (SSSR count). The molecule has 0 saturated heterocycles. The lowest BCUT2D eigenvalue weighted by molar-refractivity contribution is -0.116. The van der Waals surface area contributed by atoms with Crippen LogP contribution in [0.1, 0.15) is 22.3 Å². The molecule has 0 aliphatic heterocycles. The van der Waals surface area contributed by atoms with E-state index >= 15 is 0 Å². The Morgan fingerprint density at radius 1 is 1.23 bits per heavy atom. The molecule has 2 amide bonds. The highest BCUT2D eigenvalue weighted by Gasteiger charge is 2.12. The van der Waals surface area contributed by atoms with Crippen LogP contribution in [0.5, 0.6) is 0 Å². The molecule has 0 spiro atoms. The highest BCUT2D eigenvalue weighted by molar-refractivity contribution is 7.07. The van der Waals surface area contributed by atoms with Crippen LogP contribution >= 0.6 is 11.3 Å². The molecule has 0 bridgehead atoms. The van der Waals surface area contributed by atoms with E-state index in [-0.39, 0.29) is 18.4 Å². The predicted octanol–water partition coefficient (Wildman–Crippen LogP) is 2.68. The van der Waals surface area contributed by atoms with E-state index < -0.39 is 0 Å². The lowest BCUT2D eigenvalue weighted by Crippen LogP contribution is -2.25. The maximum Gasteiger partial charge on any atom is 0.254 e. The minimum absolute atomic E-state index is 0.122. The summed E-state index contributed by atoms with van der Waals surface area (Å²) >= 11 is 1.61. The number of carbonyl (C=O) groups is 2. The van der Waals surface area contributed by atoms with E-state index in [1.54, 1.807) is 35.6 Å². The zero-order valence-corrected chi connectivity index (χ0v) is 12.8.